The van der Waals surface area contributed by atoms with Crippen LogP contribution in [0.2, 0.25) is 5.02 Å². The maximum Gasteiger partial charge on any atom is 0.222 e. The van der Waals surface area contributed by atoms with Crippen molar-refractivity contribution in [2.24, 2.45) is 10.7 Å². The fraction of sp³-hybridized carbons (Fsp3) is 0.462. The number of hydrogen-bond acceptors (Lipinski definition) is 7. The second-order valence-electron chi connectivity index (χ2n) is 8.82. The fourth-order valence-electron chi connectivity index (χ4n) is 4.09. The molecule has 190 valence electrons. The Kier molecular flexibility index (Phi) is 9.51. The molecule has 0 bridgehead atoms. The van der Waals surface area contributed by atoms with Gasteiger partial charge < -0.3 is 30.3 Å². The van der Waals surface area contributed by atoms with Gasteiger partial charge in [0.15, 0.2) is 5.84 Å². The average molecular weight is 503 g/mol. The molecular weight excluding hydrogens is 468 g/mol. The van der Waals surface area contributed by atoms with E-state index in [-0.39, 0.29) is 24.9 Å². The highest BCUT2D eigenvalue weighted by atomic mass is 35.5. The number of nitrogens with two attached hydrogens (primary N) is 1. The second kappa shape index (κ2) is 12.4. The number of ether oxygens (including phenoxy) is 2. The minimum absolute atomic E-state index is 0.0693. The number of methoxy groups -OCH3 is 1. The molecule has 35 heavy (non-hydrogen) atoms. The standard InChI is InChI=1S/C26H35ClN4O4/c1-3-4-5-13-35-23-10-9-18(14-21(23)27)25(34-2)30-24(28)20-7-6-8-22-19(20)11-12-31(22)15-26(29,16-32)17-33/h6-10,14,28,32-33H,3-5,11-13,15-17,29H2,1-2H3. The number of rotatable bonds is 11. The summed E-state index contributed by atoms with van der Waals surface area (Å²) in [6.07, 6.45) is 3.91. The zero-order chi connectivity index (χ0) is 25.4. The predicted molar refractivity (Wildman–Crippen MR) is 140 cm³/mol. The van der Waals surface area contributed by atoms with Crippen molar-refractivity contribution in [2.45, 2.75) is 38.1 Å². The van der Waals surface area contributed by atoms with Crippen LogP contribution >= 0.6 is 11.6 Å². The number of nitrogens with zero attached hydrogens (tertiary/aromatic N) is 2. The van der Waals surface area contributed by atoms with Gasteiger partial charge in [0.25, 0.3) is 0 Å². The predicted octanol–water partition coefficient (Wildman–Crippen LogP) is 3.37. The van der Waals surface area contributed by atoms with Gasteiger partial charge >= 0.3 is 0 Å². The molecule has 1 heterocycles. The van der Waals surface area contributed by atoms with Gasteiger partial charge in [-0.25, -0.2) is 0 Å². The van der Waals surface area contributed by atoms with E-state index in [0.717, 1.165) is 30.5 Å². The number of aliphatic hydroxyl groups is 2. The molecule has 0 amide bonds. The molecule has 2 aromatic rings. The molecular formula is C26H35ClN4O4. The van der Waals surface area contributed by atoms with E-state index in [2.05, 4.69) is 11.9 Å². The van der Waals surface area contributed by atoms with Crippen LogP contribution in [0.1, 0.15) is 42.9 Å². The summed E-state index contributed by atoms with van der Waals surface area (Å²) >= 11 is 6.43. The molecule has 5 N–H and O–H groups in total. The number of aliphatic hydroxyl groups excluding tert-OH is 2. The first kappa shape index (κ1) is 26.9. The maximum absolute atomic E-state index is 9.58. The number of halogens is 1. The quantitative estimate of drug-likeness (QED) is 0.212. The van der Waals surface area contributed by atoms with E-state index >= 15 is 0 Å². The molecule has 0 radical (unpaired) electrons. The Hall–Kier alpha value is -2.65. The highest BCUT2D eigenvalue weighted by molar-refractivity contribution is 6.32. The zero-order valence-corrected chi connectivity index (χ0v) is 21.1. The molecule has 1 aliphatic rings. The van der Waals surface area contributed by atoms with E-state index in [1.807, 2.05) is 29.2 Å². The molecule has 0 aromatic heterocycles. The summed E-state index contributed by atoms with van der Waals surface area (Å²) in [5.74, 6) is 0.961. The minimum Gasteiger partial charge on any atom is -0.492 e. The van der Waals surface area contributed by atoms with Crippen molar-refractivity contribution in [1.82, 2.24) is 0 Å². The normalized spacial score (nSPS) is 13.7. The molecule has 9 heteroatoms. The van der Waals surface area contributed by atoms with Gasteiger partial charge in [-0.05, 0) is 42.7 Å². The van der Waals surface area contributed by atoms with Gasteiger partial charge in [0.1, 0.15) is 5.75 Å². The Bertz CT molecular complexity index is 1060. The van der Waals surface area contributed by atoms with Gasteiger partial charge in [-0.2, -0.15) is 4.99 Å². The van der Waals surface area contributed by atoms with Crippen molar-refractivity contribution in [3.05, 3.63) is 58.1 Å². The molecule has 0 fully saturated rings. The van der Waals surface area contributed by atoms with Crippen LogP contribution in [0.5, 0.6) is 5.75 Å². The molecule has 0 saturated heterocycles. The number of fused-ring (bicyclic) bond motifs is 1. The van der Waals surface area contributed by atoms with Gasteiger partial charge in [-0.1, -0.05) is 43.5 Å². The first-order valence-electron chi connectivity index (χ1n) is 11.9. The third-order valence-corrected chi connectivity index (χ3v) is 6.40. The van der Waals surface area contributed by atoms with E-state index in [1.165, 1.54) is 7.11 Å². The largest absolute Gasteiger partial charge is 0.492 e. The van der Waals surface area contributed by atoms with E-state index < -0.39 is 5.54 Å². The first-order chi connectivity index (χ1) is 16.9. The van der Waals surface area contributed by atoms with Crippen LogP contribution in [0.4, 0.5) is 5.69 Å². The lowest BCUT2D eigenvalue weighted by molar-refractivity contribution is 0.125. The molecule has 0 unspecified atom stereocenters. The lowest BCUT2D eigenvalue weighted by Gasteiger charge is -2.31. The summed E-state index contributed by atoms with van der Waals surface area (Å²) < 4.78 is 11.3. The number of aliphatic imine (C=N–C) groups is 1. The van der Waals surface area contributed by atoms with Gasteiger partial charge in [-0.3, -0.25) is 5.41 Å². The van der Waals surface area contributed by atoms with Gasteiger partial charge in [0.05, 0.1) is 37.5 Å². The number of unbranched alkanes of at least 4 members (excludes halogenated alkanes) is 2. The maximum atomic E-state index is 9.58. The molecule has 8 nitrogen and oxygen atoms in total. The second-order valence-corrected chi connectivity index (χ2v) is 9.23. The van der Waals surface area contributed by atoms with Crippen LogP contribution in [-0.2, 0) is 11.2 Å². The summed E-state index contributed by atoms with van der Waals surface area (Å²) in [5, 5.41) is 28.3. The Morgan fingerprint density at radius 1 is 1.23 bits per heavy atom. The third-order valence-electron chi connectivity index (χ3n) is 6.11. The van der Waals surface area contributed by atoms with Crippen LogP contribution in [0, 0.1) is 5.41 Å². The molecule has 0 spiro atoms. The number of nitrogens with one attached hydrogen (secondary N) is 1. The van der Waals surface area contributed by atoms with Crippen LogP contribution < -0.4 is 15.4 Å². The fourth-order valence-corrected chi connectivity index (χ4v) is 4.33. The van der Waals surface area contributed by atoms with Gasteiger partial charge in [-0.15, -0.1) is 0 Å². The SMILES string of the molecule is CCCCCOc1ccc(C(=NC(=N)c2cccc3c2CCN3CC(N)(CO)CO)OC)cc1Cl. The van der Waals surface area contributed by atoms with Crippen molar-refractivity contribution in [1.29, 1.82) is 5.41 Å². The van der Waals surface area contributed by atoms with Gasteiger partial charge in [0.2, 0.25) is 5.90 Å². The summed E-state index contributed by atoms with van der Waals surface area (Å²) in [5.41, 5.74) is 8.24. The highest BCUT2D eigenvalue weighted by Crippen LogP contribution is 2.32. The zero-order valence-electron chi connectivity index (χ0n) is 20.4. The van der Waals surface area contributed by atoms with Crippen molar-refractivity contribution >= 4 is 29.0 Å². The van der Waals surface area contributed by atoms with Crippen LogP contribution in [-0.4, -0.2) is 67.5 Å². The minimum atomic E-state index is -1.10. The average Bonchev–Trinajstić information content (AvgIpc) is 3.28. The number of amidine groups is 1. The Labute approximate surface area is 211 Å². The summed E-state index contributed by atoms with van der Waals surface area (Å²) in [6.45, 7) is 3.09. The van der Waals surface area contributed by atoms with Crippen molar-refractivity contribution in [3.63, 3.8) is 0 Å². The highest BCUT2D eigenvalue weighted by Gasteiger charge is 2.31. The lowest BCUT2D eigenvalue weighted by Crippen LogP contribution is -2.55. The number of benzene rings is 2. The van der Waals surface area contributed by atoms with Crippen LogP contribution in [0.15, 0.2) is 41.4 Å². The third kappa shape index (κ3) is 6.52. The smallest absolute Gasteiger partial charge is 0.222 e. The topological polar surface area (TPSA) is 124 Å². The summed E-state index contributed by atoms with van der Waals surface area (Å²) in [6, 6.07) is 11.0. The number of anilines is 1. The van der Waals surface area contributed by atoms with Gasteiger partial charge in [0, 0.05) is 29.9 Å². The molecule has 0 saturated carbocycles. The molecule has 2 aromatic carbocycles. The van der Waals surface area contributed by atoms with Crippen molar-refractivity contribution in [3.8, 4) is 5.75 Å². The first-order valence-corrected chi connectivity index (χ1v) is 12.2. The van der Waals surface area contributed by atoms with Crippen LogP contribution in [0.3, 0.4) is 0 Å². The van der Waals surface area contributed by atoms with E-state index in [9.17, 15) is 10.2 Å². The molecule has 0 atom stereocenters. The Balaban J connectivity index is 1.80. The molecule has 0 aliphatic carbocycles. The summed E-state index contributed by atoms with van der Waals surface area (Å²) in [7, 11) is 1.51. The van der Waals surface area contributed by atoms with E-state index in [0.29, 0.717) is 48.0 Å². The van der Waals surface area contributed by atoms with Crippen LogP contribution in [0.25, 0.3) is 0 Å². The Morgan fingerprint density at radius 3 is 2.66 bits per heavy atom. The molecule has 3 rings (SSSR count). The van der Waals surface area contributed by atoms with E-state index in [4.69, 9.17) is 32.2 Å². The summed E-state index contributed by atoms with van der Waals surface area (Å²) in [4.78, 5) is 6.48. The number of hydrogen-bond donors (Lipinski definition) is 4. The molecule has 1 aliphatic heterocycles. The van der Waals surface area contributed by atoms with Crippen molar-refractivity contribution in [2.75, 3.05) is 44.9 Å². The lowest BCUT2D eigenvalue weighted by atomic mass is 10.0. The Morgan fingerprint density at radius 2 is 2.00 bits per heavy atom. The monoisotopic (exact) mass is 502 g/mol. The van der Waals surface area contributed by atoms with Crippen molar-refractivity contribution < 1.29 is 19.7 Å². The van der Waals surface area contributed by atoms with E-state index in [1.54, 1.807) is 12.1 Å².